The van der Waals surface area contributed by atoms with Gasteiger partial charge in [0.1, 0.15) is 0 Å². The highest BCUT2D eigenvalue weighted by Crippen LogP contribution is 2.31. The van der Waals surface area contributed by atoms with Gasteiger partial charge in [-0.05, 0) is 26.3 Å². The normalized spacial score (nSPS) is 30.8. The van der Waals surface area contributed by atoms with E-state index in [0.29, 0.717) is 19.0 Å². The molecule has 96 valence electrons. The van der Waals surface area contributed by atoms with Gasteiger partial charge in [-0.25, -0.2) is 8.42 Å². The van der Waals surface area contributed by atoms with Crippen molar-refractivity contribution in [3.63, 3.8) is 0 Å². The lowest BCUT2D eigenvalue weighted by molar-refractivity contribution is 0.0777. The minimum atomic E-state index is -2.88. The first kappa shape index (κ1) is 13.9. The van der Waals surface area contributed by atoms with Crippen LogP contribution in [0.5, 0.6) is 0 Å². The molecule has 0 bridgehead atoms. The molecule has 0 radical (unpaired) electrons. The molecule has 0 spiro atoms. The highest BCUT2D eigenvalue weighted by molar-refractivity contribution is 7.91. The Labute approximate surface area is 99.1 Å². The topological polar surface area (TPSA) is 63.4 Å². The van der Waals surface area contributed by atoms with E-state index in [2.05, 4.69) is 25.7 Å². The minimum absolute atomic E-state index is 0.231. The first-order chi connectivity index (χ1) is 7.40. The highest BCUT2D eigenvalue weighted by atomic mass is 32.2. The number of likely N-dealkylation sites (N-methyl/N-ethyl adjacent to an activating group) is 1. The van der Waals surface area contributed by atoms with Crippen LogP contribution in [0.2, 0.25) is 0 Å². The number of rotatable bonds is 5. The molecule has 5 heteroatoms. The fourth-order valence-corrected chi connectivity index (χ4v) is 4.82. The maximum Gasteiger partial charge on any atom is 0.152 e. The molecule has 0 aromatic heterocycles. The van der Waals surface area contributed by atoms with Crippen LogP contribution in [0.4, 0.5) is 0 Å². The summed E-state index contributed by atoms with van der Waals surface area (Å²) in [6.07, 6.45) is 1.71. The van der Waals surface area contributed by atoms with Crippen molar-refractivity contribution in [1.82, 2.24) is 4.90 Å². The Morgan fingerprint density at radius 2 is 2.06 bits per heavy atom. The Balaban J connectivity index is 2.96. The van der Waals surface area contributed by atoms with Crippen LogP contribution in [-0.4, -0.2) is 49.5 Å². The molecule has 0 aromatic rings. The van der Waals surface area contributed by atoms with Gasteiger partial charge in [-0.15, -0.1) is 0 Å². The van der Waals surface area contributed by atoms with Crippen molar-refractivity contribution in [2.24, 2.45) is 5.73 Å². The summed E-state index contributed by atoms with van der Waals surface area (Å²) in [6.45, 7) is 7.65. The van der Waals surface area contributed by atoms with Crippen LogP contribution in [0, 0.1) is 0 Å². The Bertz CT molecular complexity index is 329. The zero-order valence-corrected chi connectivity index (χ0v) is 11.4. The van der Waals surface area contributed by atoms with Gasteiger partial charge in [0.05, 0.1) is 11.5 Å². The first-order valence-corrected chi connectivity index (χ1v) is 7.90. The number of hydrogen-bond donors (Lipinski definition) is 1. The van der Waals surface area contributed by atoms with Crippen molar-refractivity contribution >= 4 is 9.84 Å². The Morgan fingerprint density at radius 1 is 1.44 bits per heavy atom. The van der Waals surface area contributed by atoms with Crippen molar-refractivity contribution in [3.8, 4) is 0 Å². The summed E-state index contributed by atoms with van der Waals surface area (Å²) >= 11 is 0. The van der Waals surface area contributed by atoms with Gasteiger partial charge >= 0.3 is 0 Å². The molecule has 0 saturated carbocycles. The standard InChI is InChI=1S/C11H24N2O2S/c1-4-10(3)13(5-2)11(8-12)6-7-16(14,15)9-11/h10H,4-9,12H2,1-3H3. The fraction of sp³-hybridized carbons (Fsp3) is 1.00. The largest absolute Gasteiger partial charge is 0.329 e. The molecule has 2 N–H and O–H groups in total. The van der Waals surface area contributed by atoms with Crippen LogP contribution < -0.4 is 5.73 Å². The van der Waals surface area contributed by atoms with E-state index < -0.39 is 9.84 Å². The van der Waals surface area contributed by atoms with Gasteiger partial charge in [-0.1, -0.05) is 13.8 Å². The van der Waals surface area contributed by atoms with Crippen LogP contribution in [0.25, 0.3) is 0 Å². The van der Waals surface area contributed by atoms with Crippen molar-refractivity contribution < 1.29 is 8.42 Å². The SMILES string of the molecule is CCC(C)N(CC)C1(CN)CCS(=O)(=O)C1. The molecule has 1 aliphatic rings. The Kier molecular flexibility index (Phi) is 4.37. The number of nitrogens with zero attached hydrogens (tertiary/aromatic N) is 1. The quantitative estimate of drug-likeness (QED) is 0.775. The van der Waals surface area contributed by atoms with Crippen LogP contribution in [0.3, 0.4) is 0 Å². The summed E-state index contributed by atoms with van der Waals surface area (Å²) in [6, 6.07) is 0.391. The van der Waals surface area contributed by atoms with Gasteiger partial charge in [0, 0.05) is 18.1 Å². The fourth-order valence-electron chi connectivity index (χ4n) is 2.74. The van der Waals surface area contributed by atoms with Gasteiger partial charge in [0.15, 0.2) is 9.84 Å². The van der Waals surface area contributed by atoms with E-state index >= 15 is 0 Å². The van der Waals surface area contributed by atoms with E-state index in [0.717, 1.165) is 13.0 Å². The van der Waals surface area contributed by atoms with Crippen molar-refractivity contribution in [2.75, 3.05) is 24.6 Å². The van der Waals surface area contributed by atoms with Crippen molar-refractivity contribution in [1.29, 1.82) is 0 Å². The summed E-state index contributed by atoms with van der Waals surface area (Å²) in [5.74, 6) is 0.520. The number of hydrogen-bond acceptors (Lipinski definition) is 4. The average Bonchev–Trinajstić information content (AvgIpc) is 2.56. The third kappa shape index (κ3) is 2.57. The molecular formula is C11H24N2O2S. The molecule has 1 aliphatic heterocycles. The van der Waals surface area contributed by atoms with Crippen LogP contribution in [0.1, 0.15) is 33.6 Å². The van der Waals surface area contributed by atoms with Gasteiger partial charge in [-0.3, -0.25) is 4.90 Å². The van der Waals surface area contributed by atoms with Gasteiger partial charge in [0.2, 0.25) is 0 Å². The lowest BCUT2D eigenvalue weighted by atomic mass is 9.94. The molecule has 2 atom stereocenters. The summed E-state index contributed by atoms with van der Waals surface area (Å²) in [5.41, 5.74) is 5.54. The number of nitrogens with two attached hydrogens (primary N) is 1. The molecule has 1 fully saturated rings. The third-order valence-electron chi connectivity index (χ3n) is 3.82. The molecule has 16 heavy (non-hydrogen) atoms. The second-order valence-corrected chi connectivity index (χ2v) is 7.00. The van der Waals surface area contributed by atoms with Gasteiger partial charge < -0.3 is 5.73 Å². The molecule has 4 nitrogen and oxygen atoms in total. The molecule has 2 unspecified atom stereocenters. The summed E-state index contributed by atoms with van der Waals surface area (Å²) in [7, 11) is -2.88. The molecule has 0 aromatic carbocycles. The maximum atomic E-state index is 11.7. The molecule has 1 rings (SSSR count). The molecule has 1 saturated heterocycles. The maximum absolute atomic E-state index is 11.7. The molecule has 1 heterocycles. The van der Waals surface area contributed by atoms with Crippen molar-refractivity contribution in [3.05, 3.63) is 0 Å². The van der Waals surface area contributed by atoms with Crippen LogP contribution in [-0.2, 0) is 9.84 Å². The molecular weight excluding hydrogens is 224 g/mol. The zero-order valence-electron chi connectivity index (χ0n) is 10.6. The van der Waals surface area contributed by atoms with E-state index in [9.17, 15) is 8.42 Å². The predicted molar refractivity (Wildman–Crippen MR) is 67.2 cm³/mol. The van der Waals surface area contributed by atoms with E-state index in [-0.39, 0.29) is 17.0 Å². The van der Waals surface area contributed by atoms with Gasteiger partial charge in [0.25, 0.3) is 0 Å². The second-order valence-electron chi connectivity index (χ2n) is 4.81. The summed E-state index contributed by atoms with van der Waals surface area (Å²) in [4.78, 5) is 2.28. The second kappa shape index (κ2) is 5.02. The number of sulfone groups is 1. The van der Waals surface area contributed by atoms with Crippen LogP contribution >= 0.6 is 0 Å². The predicted octanol–water partition coefficient (Wildman–Crippen LogP) is 0.623. The highest BCUT2D eigenvalue weighted by Gasteiger charge is 2.46. The lowest BCUT2D eigenvalue weighted by Gasteiger charge is -2.42. The van der Waals surface area contributed by atoms with Gasteiger partial charge in [-0.2, -0.15) is 0 Å². The molecule has 0 amide bonds. The Morgan fingerprint density at radius 3 is 2.38 bits per heavy atom. The summed E-state index contributed by atoms with van der Waals surface area (Å²) in [5, 5.41) is 0. The smallest absolute Gasteiger partial charge is 0.152 e. The Hall–Kier alpha value is -0.130. The first-order valence-electron chi connectivity index (χ1n) is 6.08. The average molecular weight is 248 g/mol. The minimum Gasteiger partial charge on any atom is -0.329 e. The lowest BCUT2D eigenvalue weighted by Crippen LogP contribution is -2.57. The zero-order chi connectivity index (χ0) is 12.4. The molecule has 0 aliphatic carbocycles. The van der Waals surface area contributed by atoms with E-state index in [1.165, 1.54) is 0 Å². The van der Waals surface area contributed by atoms with E-state index in [4.69, 9.17) is 5.73 Å². The van der Waals surface area contributed by atoms with Crippen LogP contribution in [0.15, 0.2) is 0 Å². The third-order valence-corrected chi connectivity index (χ3v) is 5.62. The summed E-state index contributed by atoms with van der Waals surface area (Å²) < 4.78 is 23.3. The monoisotopic (exact) mass is 248 g/mol. The van der Waals surface area contributed by atoms with E-state index in [1.807, 2.05) is 0 Å². The van der Waals surface area contributed by atoms with E-state index in [1.54, 1.807) is 0 Å². The van der Waals surface area contributed by atoms with Crippen molar-refractivity contribution in [2.45, 2.75) is 45.2 Å².